The van der Waals surface area contributed by atoms with E-state index in [2.05, 4.69) is 22.8 Å². The highest BCUT2D eigenvalue weighted by atomic mass is 32.2. The Morgan fingerprint density at radius 1 is 1.02 bits per heavy atom. The Balaban J connectivity index is 1.54. The zero-order valence-corrected chi connectivity index (χ0v) is 26.6. The van der Waals surface area contributed by atoms with Gasteiger partial charge in [-0.05, 0) is 77.3 Å². The number of carbonyl (C=O) groups excluding carboxylic acids is 3. The fourth-order valence-corrected chi connectivity index (χ4v) is 6.17. The van der Waals surface area contributed by atoms with Crippen LogP contribution in [0, 0.1) is 22.7 Å². The minimum absolute atomic E-state index is 0.0840. The number of hydrogen-bond acceptors (Lipinski definition) is 9. The molecule has 1 saturated heterocycles. The number of nitrogens with zero attached hydrogens (tertiary/aromatic N) is 4. The van der Waals surface area contributed by atoms with Crippen molar-refractivity contribution in [2.24, 2.45) is 5.73 Å². The summed E-state index contributed by atoms with van der Waals surface area (Å²) in [6, 6.07) is 13.5. The molecule has 1 unspecified atom stereocenters. The Morgan fingerprint density at radius 3 is 2.16 bits per heavy atom. The molecule has 2 aliphatic rings. The Morgan fingerprint density at radius 2 is 1.64 bits per heavy atom. The number of pyridine rings is 1. The van der Waals surface area contributed by atoms with Gasteiger partial charge >= 0.3 is 6.09 Å². The first-order valence-corrected chi connectivity index (χ1v) is 15.6. The molecule has 2 aromatic rings. The number of carbonyl (C=O) groups is 3. The van der Waals surface area contributed by atoms with E-state index in [9.17, 15) is 24.9 Å². The van der Waals surface area contributed by atoms with Crippen LogP contribution in [0.3, 0.4) is 0 Å². The molecule has 12 heteroatoms. The summed E-state index contributed by atoms with van der Waals surface area (Å²) >= 11 is 1.13. The first-order valence-electron chi connectivity index (χ1n) is 14.7. The van der Waals surface area contributed by atoms with Crippen molar-refractivity contribution >= 4 is 35.5 Å². The second-order valence-corrected chi connectivity index (χ2v) is 13.8. The van der Waals surface area contributed by atoms with Gasteiger partial charge in [-0.1, -0.05) is 42.1 Å². The first-order chi connectivity index (χ1) is 20.7. The number of piperidine rings is 1. The van der Waals surface area contributed by atoms with Gasteiger partial charge < -0.3 is 26.0 Å². The average Bonchev–Trinajstić information content (AvgIpc) is 3.80. The molecule has 44 heavy (non-hydrogen) atoms. The number of amides is 3. The van der Waals surface area contributed by atoms with Crippen LogP contribution >= 0.6 is 11.8 Å². The van der Waals surface area contributed by atoms with E-state index in [-0.39, 0.29) is 17.9 Å². The van der Waals surface area contributed by atoms with Crippen LogP contribution in [0.2, 0.25) is 0 Å². The molecule has 1 saturated carbocycles. The number of primary amides is 1. The van der Waals surface area contributed by atoms with Crippen molar-refractivity contribution < 1.29 is 19.1 Å². The highest BCUT2D eigenvalue weighted by Gasteiger charge is 2.37. The van der Waals surface area contributed by atoms with E-state index in [0.717, 1.165) is 24.6 Å². The maximum atomic E-state index is 13.1. The van der Waals surface area contributed by atoms with Crippen molar-refractivity contribution in [2.45, 2.75) is 93.7 Å². The molecule has 1 aliphatic heterocycles. The monoisotopic (exact) mass is 617 g/mol. The Kier molecular flexibility index (Phi) is 9.75. The Hall–Kier alpha value is -4.29. The van der Waals surface area contributed by atoms with Crippen molar-refractivity contribution in [2.75, 3.05) is 18.0 Å². The number of hydrogen-bond donors (Lipinski definition) is 3. The van der Waals surface area contributed by atoms with E-state index in [1.54, 1.807) is 34.6 Å². The fourth-order valence-electron chi connectivity index (χ4n) is 5.13. The Labute approximate surface area is 262 Å². The molecule has 0 bridgehead atoms. The normalized spacial score (nSPS) is 16.3. The molecule has 1 aromatic heterocycles. The lowest BCUT2D eigenvalue weighted by atomic mass is 9.97. The number of nitrogens with one attached hydrogen (secondary N) is 2. The van der Waals surface area contributed by atoms with Crippen molar-refractivity contribution in [1.82, 2.24) is 15.6 Å². The molecule has 2 fully saturated rings. The van der Waals surface area contributed by atoms with Crippen LogP contribution in [-0.2, 0) is 14.3 Å². The zero-order chi connectivity index (χ0) is 32.2. The molecule has 1 aromatic carbocycles. The maximum absolute atomic E-state index is 13.1. The third kappa shape index (κ3) is 7.80. The quantitative estimate of drug-likeness (QED) is 0.344. The largest absolute Gasteiger partial charge is 0.444 e. The van der Waals surface area contributed by atoms with Crippen LogP contribution in [0.25, 0.3) is 0 Å². The van der Waals surface area contributed by atoms with Crippen LogP contribution in [0.4, 0.5) is 10.6 Å². The molecule has 4 rings (SSSR count). The molecule has 1 atom stereocenters. The van der Waals surface area contributed by atoms with Crippen molar-refractivity contribution in [3.05, 3.63) is 52.6 Å². The van der Waals surface area contributed by atoms with E-state index in [4.69, 9.17) is 15.5 Å². The van der Waals surface area contributed by atoms with Gasteiger partial charge in [-0.15, -0.1) is 0 Å². The number of ether oxygens (including phenoxy) is 1. The Bertz CT molecular complexity index is 1500. The predicted octanol–water partition coefficient (Wildman–Crippen LogP) is 4.41. The molecule has 2 heterocycles. The molecule has 232 valence electrons. The lowest BCUT2D eigenvalue weighted by Crippen LogP contribution is -2.58. The highest BCUT2D eigenvalue weighted by Crippen LogP contribution is 2.48. The molecular formula is C32H39N7O4S. The third-order valence-corrected chi connectivity index (χ3v) is 8.75. The highest BCUT2D eigenvalue weighted by molar-refractivity contribution is 8.00. The standard InChI is InChI=1S/C32H39N7O4S/c1-31(2,3)43-30(42)38-32(4,5)29(41)36-21-13-15-39(16-14-21)27-22(17-33)24(19-11-12-19)23(18-34)28(37-27)44-25(26(35)40)20-9-7-6-8-10-20/h6-10,19,21,25H,11-16H2,1-5H3,(H2,35,40)(H,36,41)(H,38,42). The topological polar surface area (TPSA) is 174 Å². The van der Waals surface area contributed by atoms with Gasteiger partial charge in [-0.25, -0.2) is 9.78 Å². The van der Waals surface area contributed by atoms with Crippen molar-refractivity contribution in [1.29, 1.82) is 10.5 Å². The van der Waals surface area contributed by atoms with Crippen molar-refractivity contribution in [3.8, 4) is 12.1 Å². The number of alkyl carbamates (subject to hydrolysis) is 1. The number of benzene rings is 1. The van der Waals surface area contributed by atoms with Crippen LogP contribution in [0.5, 0.6) is 0 Å². The van der Waals surface area contributed by atoms with Gasteiger partial charge in [0, 0.05) is 19.1 Å². The molecule has 0 spiro atoms. The second kappa shape index (κ2) is 13.1. The molecule has 0 radical (unpaired) electrons. The van der Waals surface area contributed by atoms with Crippen LogP contribution in [0.15, 0.2) is 35.4 Å². The zero-order valence-electron chi connectivity index (χ0n) is 25.8. The summed E-state index contributed by atoms with van der Waals surface area (Å²) in [5.74, 6) is -0.319. The smallest absolute Gasteiger partial charge is 0.408 e. The summed E-state index contributed by atoms with van der Waals surface area (Å²) in [6.45, 7) is 9.51. The van der Waals surface area contributed by atoms with Gasteiger partial charge in [0.05, 0.1) is 11.1 Å². The predicted molar refractivity (Wildman–Crippen MR) is 167 cm³/mol. The number of thioether (sulfide) groups is 1. The van der Waals surface area contributed by atoms with Crippen molar-refractivity contribution in [3.63, 3.8) is 0 Å². The first kappa shape index (κ1) is 32.6. The van der Waals surface area contributed by atoms with Crippen LogP contribution in [-0.4, -0.2) is 53.2 Å². The van der Waals surface area contributed by atoms with E-state index in [0.29, 0.717) is 59.0 Å². The summed E-state index contributed by atoms with van der Waals surface area (Å²) in [5, 5.41) is 25.7. The second-order valence-electron chi connectivity index (χ2n) is 12.7. The van der Waals surface area contributed by atoms with E-state index in [1.165, 1.54) is 0 Å². The van der Waals surface area contributed by atoms with E-state index < -0.39 is 28.4 Å². The van der Waals surface area contributed by atoms with Crippen LogP contribution < -0.4 is 21.3 Å². The molecule has 11 nitrogen and oxygen atoms in total. The number of aromatic nitrogens is 1. The third-order valence-electron chi connectivity index (χ3n) is 7.49. The summed E-state index contributed by atoms with van der Waals surface area (Å²) in [6.07, 6.45) is 2.23. The van der Waals surface area contributed by atoms with Gasteiger partial charge in [0.1, 0.15) is 39.4 Å². The molecule has 3 amide bonds. The van der Waals surface area contributed by atoms with Gasteiger partial charge in [0.2, 0.25) is 11.8 Å². The van der Waals surface area contributed by atoms with E-state index >= 15 is 0 Å². The summed E-state index contributed by atoms with van der Waals surface area (Å²) in [5.41, 5.74) is 6.01. The number of rotatable bonds is 9. The average molecular weight is 618 g/mol. The molecule has 4 N–H and O–H groups in total. The summed E-state index contributed by atoms with van der Waals surface area (Å²) in [7, 11) is 0. The SMILES string of the molecule is CC(C)(C)OC(=O)NC(C)(C)C(=O)NC1CCN(c2nc(SC(C(N)=O)c3ccccc3)c(C#N)c(C3CC3)c2C#N)CC1. The summed E-state index contributed by atoms with van der Waals surface area (Å²) in [4.78, 5) is 44.7. The maximum Gasteiger partial charge on any atom is 0.408 e. The van der Waals surface area contributed by atoms with Crippen LogP contribution in [0.1, 0.15) is 93.7 Å². The summed E-state index contributed by atoms with van der Waals surface area (Å²) < 4.78 is 5.30. The molecule has 1 aliphatic carbocycles. The van der Waals surface area contributed by atoms with Gasteiger partial charge in [-0.2, -0.15) is 10.5 Å². The number of nitriles is 2. The van der Waals surface area contributed by atoms with Gasteiger partial charge in [-0.3, -0.25) is 9.59 Å². The minimum atomic E-state index is -1.19. The number of anilines is 1. The lowest BCUT2D eigenvalue weighted by Gasteiger charge is -2.36. The number of nitrogens with two attached hydrogens (primary N) is 1. The fraction of sp³-hybridized carbons (Fsp3) is 0.500. The minimum Gasteiger partial charge on any atom is -0.444 e. The lowest BCUT2D eigenvalue weighted by molar-refractivity contribution is -0.127. The van der Waals surface area contributed by atoms with Gasteiger partial charge in [0.25, 0.3) is 0 Å². The van der Waals surface area contributed by atoms with Gasteiger partial charge in [0.15, 0.2) is 0 Å². The van der Waals surface area contributed by atoms with E-state index in [1.807, 2.05) is 35.2 Å². The molecular weight excluding hydrogens is 578 g/mol.